The minimum Gasteiger partial charge on any atom is -0.423 e. The van der Waals surface area contributed by atoms with E-state index in [1.807, 2.05) is 54.8 Å². The second-order valence-electron chi connectivity index (χ2n) is 6.44. The highest BCUT2D eigenvalue weighted by Crippen LogP contribution is 2.27. The van der Waals surface area contributed by atoms with Crippen molar-refractivity contribution in [3.8, 4) is 0 Å². The minimum atomic E-state index is 0.0239. The summed E-state index contributed by atoms with van der Waals surface area (Å²) in [5.41, 5.74) is 2.53. The van der Waals surface area contributed by atoms with Crippen molar-refractivity contribution in [2.45, 2.75) is 17.7 Å². The van der Waals surface area contributed by atoms with Crippen molar-refractivity contribution in [2.24, 2.45) is 5.92 Å². The van der Waals surface area contributed by atoms with Gasteiger partial charge in [0.25, 0.3) is 6.01 Å². The lowest BCUT2D eigenvalue weighted by Gasteiger charge is -2.30. The molecule has 1 amide bonds. The summed E-state index contributed by atoms with van der Waals surface area (Å²) in [5, 5.41) is 3.03. The molecule has 0 atom stereocenters. The quantitative estimate of drug-likeness (QED) is 0.693. The SMILES string of the molecule is CSc1ccc(NC(=O)C2CCN(c3nc4ccccc4o3)CC2)cc1. The molecule has 134 valence electrons. The van der Waals surface area contributed by atoms with Crippen molar-refractivity contribution in [1.82, 2.24) is 4.98 Å². The van der Waals surface area contributed by atoms with Gasteiger partial charge < -0.3 is 14.6 Å². The highest BCUT2D eigenvalue weighted by Gasteiger charge is 2.27. The summed E-state index contributed by atoms with van der Waals surface area (Å²) in [6.45, 7) is 1.55. The molecule has 6 heteroatoms. The number of fused-ring (bicyclic) bond motifs is 1. The Morgan fingerprint density at radius 3 is 2.58 bits per heavy atom. The minimum absolute atomic E-state index is 0.0239. The Morgan fingerprint density at radius 1 is 1.15 bits per heavy atom. The first kappa shape index (κ1) is 17.0. The number of carbonyl (C=O) groups is 1. The zero-order chi connectivity index (χ0) is 17.9. The van der Waals surface area contributed by atoms with E-state index in [-0.39, 0.29) is 11.8 Å². The van der Waals surface area contributed by atoms with Crippen LogP contribution in [-0.2, 0) is 4.79 Å². The third-order valence-electron chi connectivity index (χ3n) is 4.78. The normalized spacial score (nSPS) is 15.3. The Balaban J connectivity index is 1.35. The molecule has 0 spiro atoms. The van der Waals surface area contributed by atoms with E-state index in [1.165, 1.54) is 4.90 Å². The number of aromatic nitrogens is 1. The number of nitrogens with one attached hydrogen (secondary N) is 1. The lowest BCUT2D eigenvalue weighted by Crippen LogP contribution is -2.38. The van der Waals surface area contributed by atoms with Gasteiger partial charge >= 0.3 is 0 Å². The van der Waals surface area contributed by atoms with E-state index in [2.05, 4.69) is 15.2 Å². The van der Waals surface area contributed by atoms with Gasteiger partial charge in [0.05, 0.1) is 0 Å². The molecule has 4 rings (SSSR count). The van der Waals surface area contributed by atoms with E-state index in [9.17, 15) is 4.79 Å². The number of hydrogen-bond acceptors (Lipinski definition) is 5. The monoisotopic (exact) mass is 367 g/mol. The summed E-state index contributed by atoms with van der Waals surface area (Å²) in [5.74, 6) is 0.120. The van der Waals surface area contributed by atoms with E-state index >= 15 is 0 Å². The number of nitrogens with zero attached hydrogens (tertiary/aromatic N) is 2. The Kier molecular flexibility index (Phi) is 4.84. The molecule has 1 aliphatic heterocycles. The summed E-state index contributed by atoms with van der Waals surface area (Å²) >= 11 is 1.69. The Labute approximate surface area is 156 Å². The van der Waals surface area contributed by atoms with Gasteiger partial charge in [-0.3, -0.25) is 4.79 Å². The maximum atomic E-state index is 12.5. The number of carbonyl (C=O) groups excluding carboxylic acids is 1. The highest BCUT2D eigenvalue weighted by atomic mass is 32.2. The van der Waals surface area contributed by atoms with E-state index < -0.39 is 0 Å². The zero-order valence-corrected chi connectivity index (χ0v) is 15.5. The van der Waals surface area contributed by atoms with E-state index in [0.717, 1.165) is 42.7 Å². The number of piperidine rings is 1. The lowest BCUT2D eigenvalue weighted by atomic mass is 9.96. The van der Waals surface area contributed by atoms with Crippen molar-refractivity contribution in [2.75, 3.05) is 29.6 Å². The molecule has 1 aromatic heterocycles. The van der Waals surface area contributed by atoms with Crippen LogP contribution in [0.2, 0.25) is 0 Å². The average Bonchev–Trinajstić information content (AvgIpc) is 3.13. The van der Waals surface area contributed by atoms with Crippen LogP contribution in [0.5, 0.6) is 0 Å². The average molecular weight is 367 g/mol. The number of hydrogen-bond donors (Lipinski definition) is 1. The van der Waals surface area contributed by atoms with Crippen LogP contribution in [0.1, 0.15) is 12.8 Å². The topological polar surface area (TPSA) is 58.4 Å². The number of oxazole rings is 1. The van der Waals surface area contributed by atoms with Crippen LogP contribution in [-0.4, -0.2) is 30.2 Å². The van der Waals surface area contributed by atoms with E-state index in [0.29, 0.717) is 6.01 Å². The Hall–Kier alpha value is -2.47. The zero-order valence-electron chi connectivity index (χ0n) is 14.6. The number of amides is 1. The molecule has 3 aromatic rings. The molecule has 1 saturated heterocycles. The molecule has 2 aromatic carbocycles. The van der Waals surface area contributed by atoms with Gasteiger partial charge in [0.2, 0.25) is 5.91 Å². The lowest BCUT2D eigenvalue weighted by molar-refractivity contribution is -0.120. The van der Waals surface area contributed by atoms with Crippen molar-refractivity contribution >= 4 is 40.5 Å². The van der Waals surface area contributed by atoms with Crippen molar-refractivity contribution in [3.05, 3.63) is 48.5 Å². The number of thioether (sulfide) groups is 1. The first-order chi connectivity index (χ1) is 12.7. The van der Waals surface area contributed by atoms with Gasteiger partial charge in [-0.2, -0.15) is 4.98 Å². The molecular formula is C20H21N3O2S. The van der Waals surface area contributed by atoms with Crippen LogP contribution in [0.3, 0.4) is 0 Å². The number of para-hydroxylation sites is 2. The molecule has 1 fully saturated rings. The molecule has 0 saturated carbocycles. The molecule has 2 heterocycles. The third kappa shape index (κ3) is 3.55. The molecule has 0 unspecified atom stereocenters. The standard InChI is InChI=1S/C20H21N3O2S/c1-26-16-8-6-15(7-9-16)21-19(24)14-10-12-23(13-11-14)20-22-17-4-2-3-5-18(17)25-20/h2-9,14H,10-13H2,1H3,(H,21,24). The predicted molar refractivity (Wildman–Crippen MR) is 106 cm³/mol. The van der Waals surface area contributed by atoms with Gasteiger partial charge in [0, 0.05) is 29.6 Å². The van der Waals surface area contributed by atoms with Crippen LogP contribution in [0, 0.1) is 5.92 Å². The molecule has 0 radical (unpaired) electrons. The van der Waals surface area contributed by atoms with Gasteiger partial charge in [-0.15, -0.1) is 11.8 Å². The Morgan fingerprint density at radius 2 is 1.88 bits per heavy atom. The maximum absolute atomic E-state index is 12.5. The molecular weight excluding hydrogens is 346 g/mol. The fourth-order valence-corrected chi connectivity index (χ4v) is 3.66. The van der Waals surface area contributed by atoms with Crippen molar-refractivity contribution < 1.29 is 9.21 Å². The van der Waals surface area contributed by atoms with Gasteiger partial charge in [0.15, 0.2) is 5.58 Å². The first-order valence-electron chi connectivity index (χ1n) is 8.78. The summed E-state index contributed by atoms with van der Waals surface area (Å²) in [6.07, 6.45) is 3.64. The smallest absolute Gasteiger partial charge is 0.298 e. The van der Waals surface area contributed by atoms with Gasteiger partial charge in [0.1, 0.15) is 5.52 Å². The summed E-state index contributed by atoms with van der Waals surface area (Å²) in [6, 6.07) is 16.4. The van der Waals surface area contributed by atoms with Crippen molar-refractivity contribution in [3.63, 3.8) is 0 Å². The van der Waals surface area contributed by atoms with Crippen LogP contribution in [0.4, 0.5) is 11.7 Å². The van der Waals surface area contributed by atoms with Crippen molar-refractivity contribution in [1.29, 1.82) is 0 Å². The second-order valence-corrected chi connectivity index (χ2v) is 7.32. The van der Waals surface area contributed by atoms with Crippen LogP contribution in [0.25, 0.3) is 11.1 Å². The fourth-order valence-electron chi connectivity index (χ4n) is 3.25. The summed E-state index contributed by atoms with van der Waals surface area (Å²) < 4.78 is 5.83. The van der Waals surface area contributed by atoms with E-state index in [1.54, 1.807) is 11.8 Å². The summed E-state index contributed by atoms with van der Waals surface area (Å²) in [7, 11) is 0. The maximum Gasteiger partial charge on any atom is 0.298 e. The third-order valence-corrected chi connectivity index (χ3v) is 5.52. The van der Waals surface area contributed by atoms with Gasteiger partial charge in [-0.05, 0) is 55.5 Å². The van der Waals surface area contributed by atoms with Crippen LogP contribution < -0.4 is 10.2 Å². The highest BCUT2D eigenvalue weighted by molar-refractivity contribution is 7.98. The van der Waals surface area contributed by atoms with Crippen LogP contribution in [0.15, 0.2) is 57.8 Å². The van der Waals surface area contributed by atoms with E-state index in [4.69, 9.17) is 4.42 Å². The molecule has 1 aliphatic rings. The summed E-state index contributed by atoms with van der Waals surface area (Å²) in [4.78, 5) is 20.4. The fraction of sp³-hybridized carbons (Fsp3) is 0.300. The largest absolute Gasteiger partial charge is 0.423 e. The molecule has 26 heavy (non-hydrogen) atoms. The van der Waals surface area contributed by atoms with Gasteiger partial charge in [-0.25, -0.2) is 0 Å². The first-order valence-corrected chi connectivity index (χ1v) is 10.0. The van der Waals surface area contributed by atoms with Gasteiger partial charge in [-0.1, -0.05) is 12.1 Å². The Bertz CT molecular complexity index is 866. The van der Waals surface area contributed by atoms with Crippen LogP contribution >= 0.6 is 11.8 Å². The number of anilines is 2. The predicted octanol–water partition coefficient (Wildman–Crippen LogP) is 4.40. The molecule has 0 aliphatic carbocycles. The second kappa shape index (κ2) is 7.41. The molecule has 5 nitrogen and oxygen atoms in total. The molecule has 1 N–H and O–H groups in total. The number of benzene rings is 2. The number of rotatable bonds is 4. The molecule has 0 bridgehead atoms.